The van der Waals surface area contributed by atoms with E-state index in [2.05, 4.69) is 25.7 Å². The Labute approximate surface area is 436 Å². The summed E-state index contributed by atoms with van der Waals surface area (Å²) < 4.78 is 24.5. The molecule has 0 radical (unpaired) electrons. The van der Waals surface area contributed by atoms with Gasteiger partial charge in [0.1, 0.15) is 46.6 Å². The van der Waals surface area contributed by atoms with Crippen LogP contribution in [0, 0.1) is 13.8 Å². The first-order valence-electron chi connectivity index (χ1n) is 25.1. The summed E-state index contributed by atoms with van der Waals surface area (Å²) in [5.41, 5.74) is 15.5. The lowest BCUT2D eigenvalue weighted by Gasteiger charge is -2.32. The summed E-state index contributed by atoms with van der Waals surface area (Å²) in [6, 6.07) is 9.51. The highest BCUT2D eigenvalue weighted by molar-refractivity contribution is 6.05. The molecule has 1 aliphatic rings. The highest BCUT2D eigenvalue weighted by Crippen LogP contribution is 2.33. The number of nitrogens with one attached hydrogen (secondary N) is 2. The maximum Gasteiger partial charge on any atom is 0.409 e. The van der Waals surface area contributed by atoms with Crippen LogP contribution in [0.25, 0.3) is 22.1 Å². The number of aromatic nitrogens is 8. The Balaban J connectivity index is 0.00000452. The van der Waals surface area contributed by atoms with Crippen molar-refractivity contribution in [2.24, 2.45) is 11.5 Å². The number of aryl methyl sites for hydroxylation is 4. The van der Waals surface area contributed by atoms with E-state index < -0.39 is 23.6 Å². The first-order chi connectivity index (χ1) is 36.0. The molecule has 75 heavy (non-hydrogen) atoms. The smallest absolute Gasteiger partial charge is 0.409 e. The van der Waals surface area contributed by atoms with Crippen molar-refractivity contribution in [3.05, 3.63) is 94.6 Å². The zero-order valence-electron chi connectivity index (χ0n) is 44.7. The number of carbonyl (C=O) groups excluding carboxylic acids is 5. The molecule has 0 saturated carbocycles. The molecular weight excluding hydrogens is 963 g/mol. The van der Waals surface area contributed by atoms with Crippen LogP contribution in [0.3, 0.4) is 0 Å². The summed E-state index contributed by atoms with van der Waals surface area (Å²) in [4.78, 5) is 80.7. The molecule has 1 fully saturated rings. The molecule has 6 N–H and O–H groups in total. The number of nitrogens with two attached hydrogens (primary N) is 2. The Bertz CT molecular complexity index is 3060. The SMILES string of the molecule is CC.CCn1nc(C)cc1C(=O)Nc1nc2cc(C(N)=O)cc(OC)c2n1C/C=C/Cn1c(NC(=O)c2cc(C)nn2CC)nc2cc(C(N)=O)cc(OC/C=C/CN3CCC(OC(=O)N(C)CCN(C)C)CC3)c21. The van der Waals surface area contributed by atoms with Gasteiger partial charge in [0.15, 0.2) is 0 Å². The number of benzene rings is 2. The number of imidazole rings is 2. The number of likely N-dealkylation sites (N-methyl/N-ethyl adjacent to an activating group) is 2. The van der Waals surface area contributed by atoms with E-state index in [-0.39, 0.29) is 54.9 Å². The van der Waals surface area contributed by atoms with Gasteiger partial charge in [-0.3, -0.25) is 44.1 Å². The molecule has 23 nitrogen and oxygen atoms in total. The second-order valence-electron chi connectivity index (χ2n) is 18.0. The molecule has 0 atom stereocenters. The van der Waals surface area contributed by atoms with E-state index in [0.717, 1.165) is 32.5 Å². The fourth-order valence-corrected chi connectivity index (χ4v) is 8.50. The summed E-state index contributed by atoms with van der Waals surface area (Å²) in [6.07, 6.45) is 8.56. The Kier molecular flexibility index (Phi) is 19.3. The van der Waals surface area contributed by atoms with Crippen molar-refractivity contribution in [1.29, 1.82) is 0 Å². The second-order valence-corrected chi connectivity index (χ2v) is 18.0. The van der Waals surface area contributed by atoms with E-state index >= 15 is 0 Å². The van der Waals surface area contributed by atoms with Crippen LogP contribution in [0.1, 0.15) is 93.6 Å². The number of likely N-dealkylation sites (tertiary alicyclic amines) is 1. The number of anilines is 2. The van der Waals surface area contributed by atoms with E-state index in [0.29, 0.717) is 82.5 Å². The summed E-state index contributed by atoms with van der Waals surface area (Å²) in [5.74, 6) is -1.34. The predicted molar refractivity (Wildman–Crippen MR) is 286 cm³/mol. The Hall–Kier alpha value is -8.05. The van der Waals surface area contributed by atoms with Gasteiger partial charge in [-0.15, -0.1) is 0 Å². The lowest BCUT2D eigenvalue weighted by atomic mass is 10.1. The minimum absolute atomic E-state index is 0.127. The van der Waals surface area contributed by atoms with Gasteiger partial charge < -0.3 is 44.6 Å². The highest BCUT2D eigenvalue weighted by atomic mass is 16.6. The quantitative estimate of drug-likeness (QED) is 0.0616. The molecule has 0 spiro atoms. The van der Waals surface area contributed by atoms with Crippen LogP contribution >= 0.6 is 0 Å². The third-order valence-electron chi connectivity index (χ3n) is 12.3. The molecule has 6 aromatic rings. The molecule has 1 saturated heterocycles. The third kappa shape index (κ3) is 13.8. The molecule has 402 valence electrons. The predicted octanol–water partition coefficient (Wildman–Crippen LogP) is 5.46. The number of rotatable bonds is 22. The first-order valence-corrected chi connectivity index (χ1v) is 25.1. The van der Waals surface area contributed by atoms with Gasteiger partial charge in [0, 0.05) is 77.1 Å². The van der Waals surface area contributed by atoms with Crippen molar-refractivity contribution in [3.63, 3.8) is 0 Å². The molecule has 0 aliphatic carbocycles. The van der Waals surface area contributed by atoms with E-state index in [1.54, 1.807) is 68.6 Å². The molecule has 2 aromatic carbocycles. The number of allylic oxidation sites excluding steroid dienone is 2. The molecular formula is C52H71N15O8. The number of piperidine rings is 1. The molecule has 0 unspecified atom stereocenters. The minimum atomic E-state index is -0.693. The normalized spacial score (nSPS) is 13.2. The molecule has 7 rings (SSSR count). The average Bonchev–Trinajstić information content (AvgIpc) is 4.17. The van der Waals surface area contributed by atoms with Gasteiger partial charge in [-0.05, 0) is 91.0 Å². The molecule has 1 aliphatic heterocycles. The Morgan fingerprint density at radius 2 is 1.17 bits per heavy atom. The highest BCUT2D eigenvalue weighted by Gasteiger charge is 2.26. The van der Waals surface area contributed by atoms with Gasteiger partial charge in [0.25, 0.3) is 11.8 Å². The van der Waals surface area contributed by atoms with Crippen molar-refractivity contribution < 1.29 is 38.2 Å². The van der Waals surface area contributed by atoms with Crippen LogP contribution in [-0.2, 0) is 30.9 Å². The summed E-state index contributed by atoms with van der Waals surface area (Å²) in [6.45, 7) is 16.2. The molecule has 5 heterocycles. The van der Waals surface area contributed by atoms with Gasteiger partial charge in [-0.1, -0.05) is 38.2 Å². The summed E-state index contributed by atoms with van der Waals surface area (Å²) in [5, 5.41) is 14.7. The zero-order valence-corrected chi connectivity index (χ0v) is 44.7. The molecule has 5 amide bonds. The monoisotopic (exact) mass is 1030 g/mol. The Morgan fingerprint density at radius 1 is 0.693 bits per heavy atom. The van der Waals surface area contributed by atoms with E-state index in [1.807, 2.05) is 71.0 Å². The van der Waals surface area contributed by atoms with Crippen molar-refractivity contribution in [2.45, 2.75) is 86.7 Å². The lowest BCUT2D eigenvalue weighted by molar-refractivity contribution is 0.0340. The topological polar surface area (TPSA) is 270 Å². The number of primary amides is 2. The van der Waals surface area contributed by atoms with Crippen molar-refractivity contribution in [2.75, 3.05) is 78.2 Å². The third-order valence-corrected chi connectivity index (χ3v) is 12.3. The van der Waals surface area contributed by atoms with Gasteiger partial charge in [0.05, 0.1) is 29.5 Å². The maximum atomic E-state index is 13.9. The number of methoxy groups -OCH3 is 1. The average molecular weight is 1030 g/mol. The van der Waals surface area contributed by atoms with Crippen LogP contribution in [0.4, 0.5) is 16.7 Å². The fraction of sp³-hybridized carbons (Fsp3) is 0.442. The molecule has 0 bridgehead atoms. The van der Waals surface area contributed by atoms with E-state index in [9.17, 15) is 24.0 Å². The number of amides is 5. The molecule has 4 aromatic heterocycles. The van der Waals surface area contributed by atoms with Gasteiger partial charge in [-0.25, -0.2) is 14.8 Å². The van der Waals surface area contributed by atoms with Crippen molar-refractivity contribution >= 4 is 63.7 Å². The van der Waals surface area contributed by atoms with Crippen molar-refractivity contribution in [1.82, 2.24) is 53.4 Å². The van der Waals surface area contributed by atoms with Gasteiger partial charge in [-0.2, -0.15) is 10.2 Å². The van der Waals surface area contributed by atoms with E-state index in [1.165, 1.54) is 19.2 Å². The summed E-state index contributed by atoms with van der Waals surface area (Å²) in [7, 11) is 7.13. The maximum absolute atomic E-state index is 13.9. The number of ether oxygens (including phenoxy) is 3. The largest absolute Gasteiger partial charge is 0.494 e. The second kappa shape index (κ2) is 25.7. The number of carbonyl (C=O) groups is 5. The van der Waals surface area contributed by atoms with Gasteiger partial charge in [0.2, 0.25) is 23.7 Å². The number of fused-ring (bicyclic) bond motifs is 2. The van der Waals surface area contributed by atoms with Crippen LogP contribution in [0.15, 0.2) is 60.7 Å². The Morgan fingerprint density at radius 3 is 1.64 bits per heavy atom. The van der Waals surface area contributed by atoms with E-state index in [4.69, 9.17) is 35.6 Å². The molecule has 23 heteroatoms. The number of hydrogen-bond donors (Lipinski definition) is 4. The minimum Gasteiger partial charge on any atom is -0.494 e. The number of nitrogens with zero attached hydrogens (tertiary/aromatic N) is 11. The fourth-order valence-electron chi connectivity index (χ4n) is 8.50. The summed E-state index contributed by atoms with van der Waals surface area (Å²) >= 11 is 0. The van der Waals surface area contributed by atoms with Gasteiger partial charge >= 0.3 is 6.09 Å². The number of hydrogen-bond acceptors (Lipinski definition) is 14. The first kappa shape index (κ1) is 56.2. The lowest BCUT2D eigenvalue weighted by Crippen LogP contribution is -2.41. The van der Waals surface area contributed by atoms with Crippen molar-refractivity contribution in [3.8, 4) is 11.5 Å². The van der Waals surface area contributed by atoms with Crippen LogP contribution in [0.2, 0.25) is 0 Å². The van der Waals surface area contributed by atoms with Crippen LogP contribution in [-0.4, -0.2) is 157 Å². The van der Waals surface area contributed by atoms with Crippen LogP contribution < -0.4 is 31.6 Å². The standard InChI is InChI=1S/C50H65N15O8.C2H6/c1-9-64-38(25-31(3)57-64)46(68)55-48-53-36-27-33(44(51)66)29-40(71-8)42(36)62(48)18-11-12-19-63-43-37(54-49(63)56-47(69)39-26-32(4)58-65(39)10-2)28-34(45(52)67)30-41(43)72-24-14-13-17-61-20-15-35(16-21-61)73-50(70)60(7)23-22-59(5)6;1-2/h11-14,25-30,35H,9-10,15-24H2,1-8H3,(H2,51,66)(H2,52,67)(H,53,55,68)(H,54,56,69);1-2H3/b12-11+,14-13+;. The van der Waals surface area contributed by atoms with Crippen LogP contribution in [0.5, 0.6) is 11.5 Å². The zero-order chi connectivity index (χ0) is 54.5.